The first-order chi connectivity index (χ1) is 8.56. The summed E-state index contributed by atoms with van der Waals surface area (Å²) in [7, 11) is 3.59. The van der Waals surface area contributed by atoms with Gasteiger partial charge in [0.25, 0.3) is 0 Å². The lowest BCUT2D eigenvalue weighted by molar-refractivity contribution is 0.104. The number of aryl methyl sites for hydroxylation is 2. The summed E-state index contributed by atoms with van der Waals surface area (Å²) in [5.41, 5.74) is 1.52. The quantitative estimate of drug-likeness (QED) is 0.844. The monoisotopic (exact) mass is 282 g/mol. The van der Waals surface area contributed by atoms with Crippen LogP contribution < -0.4 is 10.6 Å². The molecule has 0 atom stereocenters. The Hall–Kier alpha value is -1.47. The predicted molar refractivity (Wildman–Crippen MR) is 76.2 cm³/mol. The van der Waals surface area contributed by atoms with Crippen molar-refractivity contribution in [2.75, 3.05) is 24.7 Å². The molecule has 2 aromatic rings. The second-order valence-electron chi connectivity index (χ2n) is 3.70. The van der Waals surface area contributed by atoms with E-state index in [1.54, 1.807) is 14.1 Å². The van der Waals surface area contributed by atoms with Crippen LogP contribution in [-0.2, 0) is 0 Å². The number of ketones is 1. The van der Waals surface area contributed by atoms with Crippen molar-refractivity contribution in [3.63, 3.8) is 0 Å². The Morgan fingerprint density at radius 1 is 0.944 bits per heavy atom. The number of anilines is 2. The molecule has 2 heterocycles. The first-order valence-corrected chi connectivity index (χ1v) is 7.05. The lowest BCUT2D eigenvalue weighted by atomic mass is 10.2. The van der Waals surface area contributed by atoms with Gasteiger partial charge in [0.15, 0.2) is 10.3 Å². The molecule has 0 aromatic carbocycles. The summed E-state index contributed by atoms with van der Waals surface area (Å²) < 4.78 is 0. The molecule has 18 heavy (non-hydrogen) atoms. The van der Waals surface area contributed by atoms with Gasteiger partial charge < -0.3 is 10.6 Å². The second kappa shape index (κ2) is 5.03. The lowest BCUT2D eigenvalue weighted by Crippen LogP contribution is -2.00. The zero-order chi connectivity index (χ0) is 13.3. The minimum absolute atomic E-state index is 0.00278. The molecule has 2 aromatic heterocycles. The summed E-state index contributed by atoms with van der Waals surface area (Å²) in [4.78, 5) is 22.4. The Morgan fingerprint density at radius 3 is 1.61 bits per heavy atom. The van der Waals surface area contributed by atoms with Gasteiger partial charge in [-0.15, -0.1) is 0 Å². The SMILES string of the molecule is CNc1nc(C)c(C(=O)c2sc(NC)nc2C)s1. The van der Waals surface area contributed by atoms with Crippen molar-refractivity contribution < 1.29 is 4.79 Å². The van der Waals surface area contributed by atoms with Crippen LogP contribution in [0.2, 0.25) is 0 Å². The van der Waals surface area contributed by atoms with Gasteiger partial charge in [-0.3, -0.25) is 4.79 Å². The summed E-state index contributed by atoms with van der Waals surface area (Å²) in [6.07, 6.45) is 0. The number of hydrogen-bond acceptors (Lipinski definition) is 7. The van der Waals surface area contributed by atoms with Gasteiger partial charge in [0.1, 0.15) is 9.75 Å². The molecule has 0 unspecified atom stereocenters. The van der Waals surface area contributed by atoms with Gasteiger partial charge in [-0.05, 0) is 13.8 Å². The van der Waals surface area contributed by atoms with Gasteiger partial charge in [0.05, 0.1) is 11.4 Å². The Bertz CT molecular complexity index is 538. The van der Waals surface area contributed by atoms with E-state index in [0.717, 1.165) is 21.7 Å². The van der Waals surface area contributed by atoms with Crippen molar-refractivity contribution in [1.82, 2.24) is 9.97 Å². The molecule has 2 N–H and O–H groups in total. The van der Waals surface area contributed by atoms with E-state index in [1.807, 2.05) is 13.8 Å². The van der Waals surface area contributed by atoms with Gasteiger partial charge in [0.2, 0.25) is 5.78 Å². The summed E-state index contributed by atoms with van der Waals surface area (Å²) in [5, 5.41) is 7.42. The number of hydrogen-bond donors (Lipinski definition) is 2. The Kier molecular flexibility index (Phi) is 3.63. The molecular formula is C11H14N4OS2. The zero-order valence-electron chi connectivity index (χ0n) is 10.6. The van der Waals surface area contributed by atoms with E-state index in [4.69, 9.17) is 0 Å². The van der Waals surface area contributed by atoms with Crippen molar-refractivity contribution in [3.8, 4) is 0 Å². The second-order valence-corrected chi connectivity index (χ2v) is 5.69. The Morgan fingerprint density at radius 2 is 1.33 bits per heavy atom. The highest BCUT2D eigenvalue weighted by atomic mass is 32.1. The predicted octanol–water partition coefficient (Wildman–Crippen LogP) is 2.53. The molecule has 96 valence electrons. The number of carbonyl (C=O) groups excluding carboxylic acids is 1. The van der Waals surface area contributed by atoms with Gasteiger partial charge in [-0.25, -0.2) is 9.97 Å². The van der Waals surface area contributed by atoms with Crippen molar-refractivity contribution in [1.29, 1.82) is 0 Å². The molecule has 0 amide bonds. The molecule has 0 aliphatic carbocycles. The van der Waals surface area contributed by atoms with Crippen LogP contribution >= 0.6 is 22.7 Å². The smallest absolute Gasteiger partial charge is 0.216 e. The van der Waals surface area contributed by atoms with E-state index in [2.05, 4.69) is 20.6 Å². The third-order valence-corrected chi connectivity index (χ3v) is 4.78. The highest BCUT2D eigenvalue weighted by molar-refractivity contribution is 7.21. The first kappa shape index (κ1) is 13.0. The van der Waals surface area contributed by atoms with Gasteiger partial charge in [-0.1, -0.05) is 22.7 Å². The molecule has 0 spiro atoms. The topological polar surface area (TPSA) is 66.9 Å². The van der Waals surface area contributed by atoms with E-state index in [0.29, 0.717) is 9.75 Å². The van der Waals surface area contributed by atoms with E-state index in [9.17, 15) is 4.79 Å². The molecule has 0 bridgehead atoms. The number of nitrogens with one attached hydrogen (secondary N) is 2. The van der Waals surface area contributed by atoms with Crippen molar-refractivity contribution in [2.24, 2.45) is 0 Å². The van der Waals surface area contributed by atoms with Crippen LogP contribution in [0.25, 0.3) is 0 Å². The maximum absolute atomic E-state index is 12.4. The molecule has 0 fully saturated rings. The molecule has 0 saturated carbocycles. The van der Waals surface area contributed by atoms with Gasteiger partial charge >= 0.3 is 0 Å². The van der Waals surface area contributed by atoms with E-state index < -0.39 is 0 Å². The molecule has 2 rings (SSSR count). The van der Waals surface area contributed by atoms with Crippen LogP contribution in [0.5, 0.6) is 0 Å². The summed E-state index contributed by atoms with van der Waals surface area (Å²) >= 11 is 2.75. The molecule has 5 nitrogen and oxygen atoms in total. The maximum Gasteiger partial charge on any atom is 0.216 e. The van der Waals surface area contributed by atoms with Crippen LogP contribution in [0.1, 0.15) is 25.9 Å². The van der Waals surface area contributed by atoms with E-state index in [-0.39, 0.29) is 5.78 Å². The average Bonchev–Trinajstić information content (AvgIpc) is 2.91. The Labute approximate surface area is 113 Å². The van der Waals surface area contributed by atoms with Gasteiger partial charge in [-0.2, -0.15) is 0 Å². The maximum atomic E-state index is 12.4. The fraction of sp³-hybridized carbons (Fsp3) is 0.364. The van der Waals surface area contributed by atoms with Crippen molar-refractivity contribution in [3.05, 3.63) is 21.1 Å². The highest BCUT2D eigenvalue weighted by Crippen LogP contribution is 2.30. The third-order valence-electron chi connectivity index (χ3n) is 2.43. The Balaban J connectivity index is 2.40. The van der Waals surface area contributed by atoms with Crippen molar-refractivity contribution >= 4 is 38.7 Å². The zero-order valence-corrected chi connectivity index (χ0v) is 12.3. The fourth-order valence-electron chi connectivity index (χ4n) is 1.53. The van der Waals surface area contributed by atoms with E-state index >= 15 is 0 Å². The summed E-state index contributed by atoms with van der Waals surface area (Å²) in [5.74, 6) is 0.00278. The number of aromatic nitrogens is 2. The largest absolute Gasteiger partial charge is 0.365 e. The van der Waals surface area contributed by atoms with Crippen LogP contribution in [0.15, 0.2) is 0 Å². The highest BCUT2D eigenvalue weighted by Gasteiger charge is 2.21. The minimum atomic E-state index is 0.00278. The van der Waals surface area contributed by atoms with Crippen LogP contribution in [0, 0.1) is 13.8 Å². The van der Waals surface area contributed by atoms with Crippen molar-refractivity contribution in [2.45, 2.75) is 13.8 Å². The van der Waals surface area contributed by atoms with Crippen LogP contribution in [0.4, 0.5) is 10.3 Å². The molecule has 7 heteroatoms. The lowest BCUT2D eigenvalue weighted by Gasteiger charge is -1.95. The number of carbonyl (C=O) groups is 1. The van der Waals surface area contributed by atoms with E-state index in [1.165, 1.54) is 22.7 Å². The molecule has 0 radical (unpaired) electrons. The van der Waals surface area contributed by atoms with Crippen LogP contribution in [0.3, 0.4) is 0 Å². The standard InChI is InChI=1S/C11H14N4OS2/c1-5-8(17-10(12-3)14-5)7(16)9-6(2)15-11(13-4)18-9/h1-4H3,(H,12,14)(H,13,15). The summed E-state index contributed by atoms with van der Waals surface area (Å²) in [6.45, 7) is 3.69. The normalized spacial score (nSPS) is 10.4. The molecule has 0 aliphatic rings. The third kappa shape index (κ3) is 2.23. The fourth-order valence-corrected chi connectivity index (χ4v) is 3.33. The molecule has 0 aliphatic heterocycles. The number of thiazole rings is 2. The average molecular weight is 282 g/mol. The van der Waals surface area contributed by atoms with Crippen LogP contribution in [-0.4, -0.2) is 29.8 Å². The molecule has 0 saturated heterocycles. The molecular weight excluding hydrogens is 268 g/mol. The summed E-state index contributed by atoms with van der Waals surface area (Å²) in [6, 6.07) is 0. The minimum Gasteiger partial charge on any atom is -0.365 e. The number of nitrogens with zero attached hydrogens (tertiary/aromatic N) is 2. The first-order valence-electron chi connectivity index (χ1n) is 5.42. The van der Waals surface area contributed by atoms with Gasteiger partial charge in [0, 0.05) is 14.1 Å². The number of rotatable bonds is 4.